The van der Waals surface area contributed by atoms with E-state index in [0.717, 1.165) is 11.3 Å². The molecule has 1 heterocycles. The number of aromatic amines is 1. The third-order valence-electron chi connectivity index (χ3n) is 2.31. The summed E-state index contributed by atoms with van der Waals surface area (Å²) in [5.74, 6) is 1.18. The van der Waals surface area contributed by atoms with Gasteiger partial charge in [0.15, 0.2) is 5.82 Å². The number of thioether (sulfide) groups is 1. The molecule has 19 heavy (non-hydrogen) atoms. The Hall–Kier alpha value is -2.02. The molecule has 0 saturated heterocycles. The number of hydrogen-bond donors (Lipinski definition) is 2. The van der Waals surface area contributed by atoms with Crippen LogP contribution < -0.4 is 10.5 Å². The minimum absolute atomic E-state index is 0.163. The molecule has 100 valence electrons. The number of ether oxygens (including phenoxy) is 1. The summed E-state index contributed by atoms with van der Waals surface area (Å²) in [6.45, 7) is 2.28. The van der Waals surface area contributed by atoms with E-state index in [4.69, 9.17) is 10.5 Å². The van der Waals surface area contributed by atoms with Gasteiger partial charge in [-0.25, -0.2) is 4.98 Å². The van der Waals surface area contributed by atoms with Gasteiger partial charge in [-0.15, -0.1) is 5.10 Å². The molecule has 7 heteroatoms. The van der Waals surface area contributed by atoms with Crippen molar-refractivity contribution in [3.05, 3.63) is 35.7 Å². The van der Waals surface area contributed by atoms with E-state index >= 15 is 0 Å². The van der Waals surface area contributed by atoms with Crippen molar-refractivity contribution < 1.29 is 9.53 Å². The predicted octanol–water partition coefficient (Wildman–Crippen LogP) is 1.27. The summed E-state index contributed by atoms with van der Waals surface area (Å²) in [4.78, 5) is 14.8. The van der Waals surface area contributed by atoms with Crippen LogP contribution in [0.25, 0.3) is 0 Å². The monoisotopic (exact) mass is 278 g/mol. The maximum Gasteiger partial charge on any atom is 0.227 e. The number of nitrogens with one attached hydrogen (secondary N) is 1. The van der Waals surface area contributed by atoms with Crippen molar-refractivity contribution >= 4 is 17.7 Å². The van der Waals surface area contributed by atoms with Crippen LogP contribution in [0.4, 0.5) is 0 Å². The van der Waals surface area contributed by atoms with E-state index in [0.29, 0.717) is 17.6 Å². The number of H-pyrrole nitrogens is 1. The molecule has 0 fully saturated rings. The Bertz CT molecular complexity index is 570. The van der Waals surface area contributed by atoms with E-state index in [-0.39, 0.29) is 5.75 Å². The second-order valence-corrected chi connectivity index (χ2v) is 4.82. The van der Waals surface area contributed by atoms with Gasteiger partial charge in [0.2, 0.25) is 11.1 Å². The lowest BCUT2D eigenvalue weighted by Crippen LogP contribution is -2.13. The molecular formula is C12H14N4O2S. The topological polar surface area (TPSA) is 93.9 Å². The van der Waals surface area contributed by atoms with Crippen LogP contribution in [-0.4, -0.2) is 26.8 Å². The van der Waals surface area contributed by atoms with Crippen molar-refractivity contribution in [2.45, 2.75) is 18.7 Å². The number of aryl methyl sites for hydroxylation is 1. The van der Waals surface area contributed by atoms with Gasteiger partial charge in [-0.2, -0.15) is 0 Å². The quantitative estimate of drug-likeness (QED) is 0.776. The molecule has 0 unspecified atom stereocenters. The summed E-state index contributed by atoms with van der Waals surface area (Å²) < 4.78 is 5.63. The number of para-hydroxylation sites is 1. The predicted molar refractivity (Wildman–Crippen MR) is 71.8 cm³/mol. The molecule has 3 N–H and O–H groups in total. The number of carbonyl (C=O) groups is 1. The van der Waals surface area contributed by atoms with Crippen molar-refractivity contribution in [1.82, 2.24) is 15.2 Å². The smallest absolute Gasteiger partial charge is 0.227 e. The van der Waals surface area contributed by atoms with Crippen LogP contribution in [0.1, 0.15) is 11.4 Å². The Labute approximate surface area is 114 Å². The van der Waals surface area contributed by atoms with Gasteiger partial charge in [-0.05, 0) is 18.6 Å². The van der Waals surface area contributed by atoms with Gasteiger partial charge in [0, 0.05) is 0 Å². The summed E-state index contributed by atoms with van der Waals surface area (Å²) >= 11 is 1.19. The molecule has 0 saturated carbocycles. The van der Waals surface area contributed by atoms with E-state index in [2.05, 4.69) is 15.2 Å². The second-order valence-electron chi connectivity index (χ2n) is 3.87. The van der Waals surface area contributed by atoms with Crippen LogP contribution >= 0.6 is 11.8 Å². The Morgan fingerprint density at radius 3 is 3.00 bits per heavy atom. The van der Waals surface area contributed by atoms with Crippen molar-refractivity contribution in [1.29, 1.82) is 0 Å². The van der Waals surface area contributed by atoms with Crippen LogP contribution in [0.2, 0.25) is 0 Å². The van der Waals surface area contributed by atoms with Crippen molar-refractivity contribution in [3.8, 4) is 5.75 Å². The van der Waals surface area contributed by atoms with Crippen LogP contribution in [0.3, 0.4) is 0 Å². The van der Waals surface area contributed by atoms with Crippen LogP contribution in [-0.2, 0) is 11.4 Å². The average molecular weight is 278 g/mol. The highest BCUT2D eigenvalue weighted by atomic mass is 32.2. The van der Waals surface area contributed by atoms with Gasteiger partial charge in [-0.1, -0.05) is 30.0 Å². The molecule has 0 aliphatic heterocycles. The number of primary amides is 1. The van der Waals surface area contributed by atoms with E-state index < -0.39 is 5.91 Å². The first-order valence-electron chi connectivity index (χ1n) is 5.66. The number of amides is 1. The molecule has 0 spiro atoms. The first kappa shape index (κ1) is 13.4. The zero-order chi connectivity index (χ0) is 13.7. The lowest BCUT2D eigenvalue weighted by Gasteiger charge is -2.06. The van der Waals surface area contributed by atoms with E-state index in [9.17, 15) is 4.79 Å². The fraction of sp³-hybridized carbons (Fsp3) is 0.250. The van der Waals surface area contributed by atoms with Gasteiger partial charge >= 0.3 is 0 Å². The van der Waals surface area contributed by atoms with Crippen molar-refractivity contribution in [2.24, 2.45) is 5.73 Å². The normalized spacial score (nSPS) is 10.4. The fourth-order valence-corrected chi connectivity index (χ4v) is 1.96. The number of nitrogens with two attached hydrogens (primary N) is 1. The maximum absolute atomic E-state index is 10.6. The molecule has 0 aliphatic carbocycles. The van der Waals surface area contributed by atoms with Crippen LogP contribution in [0.5, 0.6) is 5.75 Å². The van der Waals surface area contributed by atoms with E-state index in [1.54, 1.807) is 0 Å². The minimum atomic E-state index is -0.396. The van der Waals surface area contributed by atoms with Crippen molar-refractivity contribution in [2.75, 3.05) is 5.75 Å². The second kappa shape index (κ2) is 6.24. The van der Waals surface area contributed by atoms with Crippen LogP contribution in [0, 0.1) is 6.92 Å². The molecule has 0 atom stereocenters. The number of nitrogens with zero attached hydrogens (tertiary/aromatic N) is 2. The van der Waals surface area contributed by atoms with Gasteiger partial charge in [0.1, 0.15) is 12.4 Å². The highest BCUT2D eigenvalue weighted by Crippen LogP contribution is 2.17. The molecule has 1 aromatic carbocycles. The van der Waals surface area contributed by atoms with Gasteiger partial charge in [0.25, 0.3) is 0 Å². The Kier molecular flexibility index (Phi) is 4.40. The number of aromatic nitrogens is 3. The van der Waals surface area contributed by atoms with E-state index in [1.165, 1.54) is 11.8 Å². The third-order valence-corrected chi connectivity index (χ3v) is 3.18. The van der Waals surface area contributed by atoms with Crippen molar-refractivity contribution in [3.63, 3.8) is 0 Å². The minimum Gasteiger partial charge on any atom is -0.485 e. The fourth-order valence-electron chi connectivity index (χ4n) is 1.41. The van der Waals surface area contributed by atoms with Crippen LogP contribution in [0.15, 0.2) is 29.4 Å². The molecule has 1 amide bonds. The molecule has 0 aliphatic rings. The lowest BCUT2D eigenvalue weighted by atomic mass is 10.2. The first-order chi connectivity index (χ1) is 9.15. The Morgan fingerprint density at radius 1 is 1.47 bits per heavy atom. The largest absolute Gasteiger partial charge is 0.485 e. The molecule has 6 nitrogen and oxygen atoms in total. The molecular weight excluding hydrogens is 264 g/mol. The molecule has 1 aromatic heterocycles. The van der Waals surface area contributed by atoms with Gasteiger partial charge in [-0.3, -0.25) is 9.89 Å². The van der Waals surface area contributed by atoms with E-state index in [1.807, 2.05) is 31.2 Å². The summed E-state index contributed by atoms with van der Waals surface area (Å²) in [6, 6.07) is 7.74. The zero-order valence-electron chi connectivity index (χ0n) is 10.4. The Balaban J connectivity index is 1.90. The molecule has 2 aromatic rings. The van der Waals surface area contributed by atoms with Gasteiger partial charge in [0.05, 0.1) is 5.75 Å². The number of rotatable bonds is 6. The SMILES string of the molecule is Cc1ccccc1OCc1nc(SCC(N)=O)n[nH]1. The highest BCUT2D eigenvalue weighted by molar-refractivity contribution is 7.99. The Morgan fingerprint density at radius 2 is 2.26 bits per heavy atom. The number of benzene rings is 1. The zero-order valence-corrected chi connectivity index (χ0v) is 11.2. The summed E-state index contributed by atoms with van der Waals surface area (Å²) in [6.07, 6.45) is 0. The third kappa shape index (κ3) is 3.99. The molecule has 2 rings (SSSR count). The summed E-state index contributed by atoms with van der Waals surface area (Å²) in [5.41, 5.74) is 6.11. The summed E-state index contributed by atoms with van der Waals surface area (Å²) in [7, 11) is 0. The standard InChI is InChI=1S/C12H14N4O2S/c1-8-4-2-3-5-9(8)18-6-11-14-12(16-15-11)19-7-10(13)17/h2-5H,6-7H2,1H3,(H2,13,17)(H,14,15,16). The molecule has 0 bridgehead atoms. The lowest BCUT2D eigenvalue weighted by molar-refractivity contribution is -0.115. The summed E-state index contributed by atoms with van der Waals surface area (Å²) in [5, 5.41) is 7.21. The number of hydrogen-bond acceptors (Lipinski definition) is 5. The first-order valence-corrected chi connectivity index (χ1v) is 6.64. The number of carbonyl (C=O) groups excluding carboxylic acids is 1. The maximum atomic E-state index is 10.6. The molecule has 0 radical (unpaired) electrons. The van der Waals surface area contributed by atoms with Gasteiger partial charge < -0.3 is 10.5 Å². The highest BCUT2D eigenvalue weighted by Gasteiger charge is 2.06. The average Bonchev–Trinajstić information content (AvgIpc) is 2.83.